The minimum Gasteiger partial charge on any atom is -0.289 e. The zero-order chi connectivity index (χ0) is 39.1. The molecule has 274 valence electrons. The Hall–Kier alpha value is -3.04. The van der Waals surface area contributed by atoms with Gasteiger partial charge in [0.1, 0.15) is 11.4 Å². The first-order chi connectivity index (χ1) is 23.8. The zero-order valence-electron chi connectivity index (χ0n) is 31.9. The molecule has 0 radical (unpaired) electrons. The van der Waals surface area contributed by atoms with Crippen molar-refractivity contribution in [2.45, 2.75) is 83.1 Å². The number of allylic oxidation sites excluding steroid dienone is 10. The average Bonchev–Trinajstić information content (AvgIpc) is 2.99. The van der Waals surface area contributed by atoms with Crippen molar-refractivity contribution >= 4 is 78.0 Å². The van der Waals surface area contributed by atoms with Crippen LogP contribution in [0.5, 0.6) is 0 Å². The van der Waals surface area contributed by atoms with Crippen LogP contribution in [0, 0.1) is 21.7 Å². The molecule has 2 aliphatic carbocycles. The summed E-state index contributed by atoms with van der Waals surface area (Å²) in [6.07, 6.45) is 10.8. The molecule has 0 aliphatic heterocycles. The van der Waals surface area contributed by atoms with Crippen molar-refractivity contribution < 1.29 is 9.59 Å². The topological polar surface area (TPSA) is 83.6 Å². The Morgan fingerprint density at radius 1 is 0.500 bits per heavy atom. The fourth-order valence-electron chi connectivity index (χ4n) is 5.63. The number of rotatable bonds is 5. The predicted molar refractivity (Wildman–Crippen MR) is 223 cm³/mol. The Morgan fingerprint density at radius 2 is 0.769 bits per heavy atom. The molecule has 0 fully saturated rings. The van der Waals surface area contributed by atoms with Crippen molar-refractivity contribution in [2.75, 3.05) is 0 Å². The second kappa shape index (κ2) is 15.4. The molecule has 2 aliphatic rings. The minimum atomic E-state index is -0.322. The lowest BCUT2D eigenvalue weighted by Crippen LogP contribution is -2.27. The van der Waals surface area contributed by atoms with Crippen molar-refractivity contribution in [1.29, 1.82) is 0 Å². The zero-order valence-corrected chi connectivity index (χ0v) is 36.6. The quantitative estimate of drug-likeness (QED) is 0.280. The summed E-state index contributed by atoms with van der Waals surface area (Å²) in [6, 6.07) is 7.19. The lowest BCUT2D eigenvalue weighted by molar-refractivity contribution is -0.114. The van der Waals surface area contributed by atoms with Gasteiger partial charge in [-0.1, -0.05) is 138 Å². The summed E-state index contributed by atoms with van der Waals surface area (Å²) in [7, 11) is 0. The third-order valence-corrected chi connectivity index (χ3v) is 10.5. The van der Waals surface area contributed by atoms with Gasteiger partial charge in [-0.05, 0) is 92.5 Å². The molecule has 0 amide bonds. The highest BCUT2D eigenvalue weighted by molar-refractivity contribution is 9.11. The summed E-state index contributed by atoms with van der Waals surface area (Å²) in [4.78, 5) is 26.5. The Balaban J connectivity index is 1.63. The summed E-state index contributed by atoms with van der Waals surface area (Å²) in [5, 5.41) is 18.3. The fourth-order valence-corrected chi connectivity index (χ4v) is 7.13. The van der Waals surface area contributed by atoms with Crippen molar-refractivity contribution in [3.63, 3.8) is 0 Å². The third-order valence-electron chi connectivity index (χ3n) is 8.56. The highest BCUT2D eigenvalue weighted by Crippen LogP contribution is 2.44. The van der Waals surface area contributed by atoms with E-state index in [1.165, 1.54) is 0 Å². The maximum Gasteiger partial charge on any atom is 0.186 e. The molecule has 0 spiro atoms. The highest BCUT2D eigenvalue weighted by atomic mass is 79.9. The van der Waals surface area contributed by atoms with Crippen molar-refractivity contribution in [3.8, 4) is 11.1 Å². The van der Waals surface area contributed by atoms with E-state index in [0.29, 0.717) is 21.4 Å². The van der Waals surface area contributed by atoms with Crippen LogP contribution in [0.4, 0.5) is 11.4 Å². The van der Waals surface area contributed by atoms with E-state index in [-0.39, 0.29) is 33.2 Å². The molecule has 52 heavy (non-hydrogen) atoms. The lowest BCUT2D eigenvalue weighted by Gasteiger charge is -2.31. The van der Waals surface area contributed by atoms with Gasteiger partial charge in [-0.15, -0.1) is 10.2 Å². The summed E-state index contributed by atoms with van der Waals surface area (Å²) < 4.78 is 1.47. The first kappa shape index (κ1) is 41.7. The van der Waals surface area contributed by atoms with Gasteiger partial charge in [0.2, 0.25) is 0 Å². The first-order valence-electron chi connectivity index (χ1n) is 17.0. The van der Waals surface area contributed by atoms with Gasteiger partial charge in [0.25, 0.3) is 0 Å². The number of ketones is 2. The summed E-state index contributed by atoms with van der Waals surface area (Å²) >= 11 is 20.8. The Kier molecular flexibility index (Phi) is 12.3. The molecule has 0 bridgehead atoms. The van der Waals surface area contributed by atoms with E-state index in [9.17, 15) is 9.59 Å². The second-order valence-corrected chi connectivity index (χ2v) is 19.7. The number of carbonyl (C=O) groups is 2. The van der Waals surface area contributed by atoms with Crippen LogP contribution in [0.3, 0.4) is 0 Å². The van der Waals surface area contributed by atoms with E-state index in [1.807, 2.05) is 107 Å². The van der Waals surface area contributed by atoms with Gasteiger partial charge in [-0.2, -0.15) is 10.2 Å². The van der Waals surface area contributed by atoms with Gasteiger partial charge < -0.3 is 0 Å². The second-order valence-electron chi connectivity index (χ2n) is 17.1. The van der Waals surface area contributed by atoms with Crippen LogP contribution in [0.25, 0.3) is 11.1 Å². The Bertz CT molecular complexity index is 1870. The van der Waals surface area contributed by atoms with E-state index in [0.717, 1.165) is 53.5 Å². The number of halogens is 4. The van der Waals surface area contributed by atoms with E-state index in [2.05, 4.69) is 52.3 Å². The number of hydrogen-bond donors (Lipinski definition) is 0. The molecule has 0 N–H and O–H groups in total. The number of Topliss-reactive ketones (excluding diaryl/α,β-unsaturated/α-hetero) is 2. The summed E-state index contributed by atoms with van der Waals surface area (Å²) in [6.45, 7) is 24.4. The molecule has 4 rings (SSSR count). The highest BCUT2D eigenvalue weighted by Gasteiger charge is 2.35. The monoisotopic (exact) mass is 866 g/mol. The molecule has 10 heteroatoms. The molecule has 2 aromatic rings. The smallest absolute Gasteiger partial charge is 0.186 e. The van der Waals surface area contributed by atoms with E-state index in [4.69, 9.17) is 23.2 Å². The molecule has 0 saturated heterocycles. The van der Waals surface area contributed by atoms with Crippen LogP contribution in [-0.4, -0.2) is 11.6 Å². The normalized spacial score (nSPS) is 16.4. The predicted octanol–water partition coefficient (Wildman–Crippen LogP) is 15.2. The van der Waals surface area contributed by atoms with Crippen LogP contribution in [0.1, 0.15) is 83.1 Å². The van der Waals surface area contributed by atoms with Crippen molar-refractivity contribution in [1.82, 2.24) is 0 Å². The standard InChI is InChI=1S/C42H46Br2Cl2N4O2/c1-39(2,3)27-13-23(14-28(37(27)51)40(4,5)6)21-47-49-35-19-31(43)25(17-33(35)45)26-18-34(46)36(20-32(26)44)50-48-22-24-15-29(41(7,8)9)38(52)30(16-24)42(10,11)12/h13-22H,1-12H3. The van der Waals surface area contributed by atoms with Crippen LogP contribution >= 0.6 is 55.1 Å². The number of azo groups is 2. The molecule has 6 nitrogen and oxygen atoms in total. The van der Waals surface area contributed by atoms with Gasteiger partial charge in [0, 0.05) is 31.2 Å². The molecule has 2 aromatic carbocycles. The van der Waals surface area contributed by atoms with Gasteiger partial charge in [0.15, 0.2) is 11.6 Å². The van der Waals surface area contributed by atoms with Gasteiger partial charge in [0.05, 0.1) is 22.4 Å². The summed E-state index contributed by atoms with van der Waals surface area (Å²) in [5.41, 5.74) is 5.76. The fraction of sp³-hybridized carbons (Fsp3) is 0.381. The SMILES string of the molecule is CC(C)(C)C1=CC(=CN=Nc2cc(Br)c(-c3cc(Cl)c(N=NC=C4C=C(C(C)(C)C)C(=O)C(C(C)(C)C)=C4)cc3Br)cc2Cl)C=C(C(C)(C)C)C1=O. The first-order valence-corrected chi connectivity index (χ1v) is 19.3. The van der Waals surface area contributed by atoms with Crippen molar-refractivity contribution in [2.24, 2.45) is 42.1 Å². The number of benzene rings is 2. The van der Waals surface area contributed by atoms with Crippen LogP contribution in [-0.2, 0) is 9.59 Å². The average molecular weight is 870 g/mol. The molecule has 0 saturated carbocycles. The molecular weight excluding hydrogens is 823 g/mol. The molecule has 0 aromatic heterocycles. The number of hydrogen-bond acceptors (Lipinski definition) is 6. The Labute approximate surface area is 335 Å². The Morgan fingerprint density at radius 3 is 1.02 bits per heavy atom. The van der Waals surface area contributed by atoms with Gasteiger partial charge in [-0.25, -0.2) is 0 Å². The van der Waals surface area contributed by atoms with E-state index < -0.39 is 0 Å². The minimum absolute atomic E-state index is 0.0637. The number of nitrogens with zero attached hydrogens (tertiary/aromatic N) is 4. The molecule has 0 unspecified atom stereocenters. The largest absolute Gasteiger partial charge is 0.289 e. The van der Waals surface area contributed by atoms with Gasteiger partial charge in [-0.3, -0.25) is 9.59 Å². The molecule has 0 atom stereocenters. The van der Waals surface area contributed by atoms with Crippen LogP contribution in [0.15, 0.2) is 124 Å². The summed E-state index contributed by atoms with van der Waals surface area (Å²) in [5.74, 6) is 0.127. The third kappa shape index (κ3) is 9.73. The molecule has 0 heterocycles. The maximum atomic E-state index is 13.3. The van der Waals surface area contributed by atoms with Crippen molar-refractivity contribution in [3.05, 3.63) is 113 Å². The molecular formula is C42H46Br2Cl2N4O2. The number of carbonyl (C=O) groups excluding carboxylic acids is 2. The van der Waals surface area contributed by atoms with Gasteiger partial charge >= 0.3 is 0 Å². The van der Waals surface area contributed by atoms with Crippen LogP contribution in [0.2, 0.25) is 10.0 Å². The lowest BCUT2D eigenvalue weighted by atomic mass is 9.72. The van der Waals surface area contributed by atoms with Crippen LogP contribution < -0.4 is 0 Å². The van der Waals surface area contributed by atoms with E-state index in [1.54, 1.807) is 36.7 Å². The maximum absolute atomic E-state index is 13.3. The van der Waals surface area contributed by atoms with E-state index >= 15 is 0 Å².